The van der Waals surface area contributed by atoms with Crippen molar-refractivity contribution >= 4 is 23.0 Å². The number of carbonyl (C=O) groups excluding carboxylic acids is 1. The third-order valence-electron chi connectivity index (χ3n) is 2.59. The summed E-state index contributed by atoms with van der Waals surface area (Å²) in [7, 11) is 0. The summed E-state index contributed by atoms with van der Waals surface area (Å²) in [6.07, 6.45) is 0. The number of aromatic hydroxyl groups is 1. The van der Waals surface area contributed by atoms with Gasteiger partial charge in [-0.1, -0.05) is 0 Å². The molecule has 8 nitrogen and oxygen atoms in total. The van der Waals surface area contributed by atoms with Gasteiger partial charge < -0.3 is 10.8 Å². The number of non-ortho nitro benzene ring substituents is 1. The Morgan fingerprint density at radius 2 is 1.67 bits per heavy atom. The van der Waals surface area contributed by atoms with Crippen LogP contribution in [0.5, 0.6) is 5.75 Å². The zero-order chi connectivity index (χ0) is 15.4. The smallest absolute Gasteiger partial charge is 0.269 e. The standard InChI is InChI=1S/C13H10N4O4/c14-13(19)11-7-9(3-6-12(11)18)16-15-8-1-4-10(5-2-8)17(20)21/h1-7,18H,(H2,14,19). The maximum absolute atomic E-state index is 11.1. The van der Waals surface area contributed by atoms with Crippen molar-refractivity contribution in [2.75, 3.05) is 0 Å². The van der Waals surface area contributed by atoms with Gasteiger partial charge in [0.2, 0.25) is 0 Å². The van der Waals surface area contributed by atoms with E-state index < -0.39 is 10.8 Å². The number of nitrogens with zero attached hydrogens (tertiary/aromatic N) is 3. The highest BCUT2D eigenvalue weighted by Gasteiger charge is 2.08. The SMILES string of the molecule is NC(=O)c1cc(N=Nc2ccc([N+](=O)[O-])cc2)ccc1O. The monoisotopic (exact) mass is 286 g/mol. The highest BCUT2D eigenvalue weighted by molar-refractivity contribution is 5.96. The molecular weight excluding hydrogens is 276 g/mol. The molecule has 2 aromatic carbocycles. The van der Waals surface area contributed by atoms with Crippen molar-refractivity contribution in [3.05, 3.63) is 58.1 Å². The molecule has 0 heterocycles. The molecule has 0 bridgehead atoms. The maximum atomic E-state index is 11.1. The lowest BCUT2D eigenvalue weighted by Crippen LogP contribution is -2.10. The lowest BCUT2D eigenvalue weighted by molar-refractivity contribution is -0.384. The van der Waals surface area contributed by atoms with Gasteiger partial charge in [-0.15, -0.1) is 0 Å². The molecule has 1 amide bonds. The van der Waals surface area contributed by atoms with Gasteiger partial charge in [-0.2, -0.15) is 10.2 Å². The second-order valence-electron chi connectivity index (χ2n) is 4.04. The molecule has 3 N–H and O–H groups in total. The first-order valence-corrected chi connectivity index (χ1v) is 5.76. The van der Waals surface area contributed by atoms with Crippen molar-refractivity contribution in [3.8, 4) is 5.75 Å². The van der Waals surface area contributed by atoms with Crippen LogP contribution in [0.25, 0.3) is 0 Å². The number of carbonyl (C=O) groups is 1. The molecule has 0 unspecified atom stereocenters. The predicted molar refractivity (Wildman–Crippen MR) is 73.9 cm³/mol. The van der Waals surface area contributed by atoms with Gasteiger partial charge in [-0.3, -0.25) is 14.9 Å². The van der Waals surface area contributed by atoms with Gasteiger partial charge in [0.05, 0.1) is 21.9 Å². The summed E-state index contributed by atoms with van der Waals surface area (Å²) in [5, 5.41) is 27.7. The van der Waals surface area contributed by atoms with E-state index in [-0.39, 0.29) is 17.0 Å². The van der Waals surface area contributed by atoms with E-state index in [0.717, 1.165) is 0 Å². The lowest BCUT2D eigenvalue weighted by Gasteiger charge is -2.00. The molecule has 0 fully saturated rings. The van der Waals surface area contributed by atoms with Gasteiger partial charge >= 0.3 is 0 Å². The van der Waals surface area contributed by atoms with E-state index in [4.69, 9.17) is 5.73 Å². The summed E-state index contributed by atoms with van der Waals surface area (Å²) in [5.74, 6) is -1.02. The number of primary amides is 1. The molecule has 0 saturated heterocycles. The van der Waals surface area contributed by atoms with Crippen LogP contribution < -0.4 is 5.73 Å². The van der Waals surface area contributed by atoms with Gasteiger partial charge in [-0.25, -0.2) is 0 Å². The van der Waals surface area contributed by atoms with Crippen LogP contribution in [-0.4, -0.2) is 15.9 Å². The molecule has 2 rings (SSSR count). The number of phenols is 1. The van der Waals surface area contributed by atoms with Crippen LogP contribution in [0.2, 0.25) is 0 Å². The van der Waals surface area contributed by atoms with E-state index in [9.17, 15) is 20.0 Å². The van der Waals surface area contributed by atoms with Crippen molar-refractivity contribution in [2.45, 2.75) is 0 Å². The summed E-state index contributed by atoms with van der Waals surface area (Å²) in [5.41, 5.74) is 5.72. The second-order valence-corrected chi connectivity index (χ2v) is 4.04. The Bertz CT molecular complexity index is 725. The van der Waals surface area contributed by atoms with Crippen LogP contribution >= 0.6 is 0 Å². The molecule has 21 heavy (non-hydrogen) atoms. The molecule has 0 aromatic heterocycles. The van der Waals surface area contributed by atoms with E-state index in [1.165, 1.54) is 42.5 Å². The van der Waals surface area contributed by atoms with E-state index in [1.54, 1.807) is 0 Å². The number of nitrogens with two attached hydrogens (primary N) is 1. The highest BCUT2D eigenvalue weighted by Crippen LogP contribution is 2.25. The molecule has 0 aliphatic rings. The maximum Gasteiger partial charge on any atom is 0.269 e. The quantitative estimate of drug-likeness (QED) is 0.508. The van der Waals surface area contributed by atoms with Crippen LogP contribution in [0, 0.1) is 10.1 Å². The first-order valence-electron chi connectivity index (χ1n) is 5.76. The summed E-state index contributed by atoms with van der Waals surface area (Å²) in [6, 6.07) is 9.53. The molecule has 2 aromatic rings. The summed E-state index contributed by atoms with van der Waals surface area (Å²) in [4.78, 5) is 21.1. The first kappa shape index (κ1) is 14.1. The Balaban J connectivity index is 2.23. The number of amides is 1. The van der Waals surface area contributed by atoms with E-state index in [0.29, 0.717) is 11.4 Å². The van der Waals surface area contributed by atoms with Crippen molar-refractivity contribution < 1.29 is 14.8 Å². The number of hydrogen-bond acceptors (Lipinski definition) is 6. The van der Waals surface area contributed by atoms with Crippen LogP contribution in [0.15, 0.2) is 52.7 Å². The predicted octanol–water partition coefficient (Wildman–Crippen LogP) is 2.81. The fourth-order valence-electron chi connectivity index (χ4n) is 1.54. The van der Waals surface area contributed by atoms with Crippen LogP contribution in [0.3, 0.4) is 0 Å². The summed E-state index contributed by atoms with van der Waals surface area (Å²) < 4.78 is 0. The fraction of sp³-hybridized carbons (Fsp3) is 0. The largest absolute Gasteiger partial charge is 0.507 e. The van der Waals surface area contributed by atoms with E-state index in [1.807, 2.05) is 0 Å². The zero-order valence-electron chi connectivity index (χ0n) is 10.6. The average molecular weight is 286 g/mol. The van der Waals surface area contributed by atoms with Gasteiger partial charge in [0.1, 0.15) is 5.75 Å². The van der Waals surface area contributed by atoms with Gasteiger partial charge in [0, 0.05) is 12.1 Å². The molecule has 0 aliphatic heterocycles. The lowest BCUT2D eigenvalue weighted by atomic mass is 10.2. The number of benzene rings is 2. The number of azo groups is 1. The Morgan fingerprint density at radius 3 is 2.24 bits per heavy atom. The molecule has 0 spiro atoms. The first-order chi connectivity index (χ1) is 9.97. The minimum atomic E-state index is -0.778. The number of hydrogen-bond donors (Lipinski definition) is 2. The van der Waals surface area contributed by atoms with Gasteiger partial charge in [-0.05, 0) is 30.3 Å². The van der Waals surface area contributed by atoms with Crippen molar-refractivity contribution in [2.24, 2.45) is 16.0 Å². The Hall–Kier alpha value is -3.29. The third-order valence-corrected chi connectivity index (χ3v) is 2.59. The second kappa shape index (κ2) is 5.78. The Labute approximate surface area is 118 Å². The van der Waals surface area contributed by atoms with E-state index >= 15 is 0 Å². The van der Waals surface area contributed by atoms with Crippen LogP contribution in [0.1, 0.15) is 10.4 Å². The molecule has 0 atom stereocenters. The number of nitro groups is 1. The van der Waals surface area contributed by atoms with Crippen molar-refractivity contribution in [1.82, 2.24) is 0 Å². The van der Waals surface area contributed by atoms with Gasteiger partial charge in [0.25, 0.3) is 11.6 Å². The average Bonchev–Trinajstić information content (AvgIpc) is 2.46. The zero-order valence-corrected chi connectivity index (χ0v) is 10.6. The number of nitro benzene ring substituents is 1. The third kappa shape index (κ3) is 3.38. The minimum absolute atomic E-state index is 0.0467. The normalized spacial score (nSPS) is 10.7. The topological polar surface area (TPSA) is 131 Å². The van der Waals surface area contributed by atoms with E-state index in [2.05, 4.69) is 10.2 Å². The summed E-state index contributed by atoms with van der Waals surface area (Å²) >= 11 is 0. The number of rotatable bonds is 4. The molecule has 8 heteroatoms. The molecule has 0 saturated carbocycles. The molecule has 0 radical (unpaired) electrons. The van der Waals surface area contributed by atoms with Crippen LogP contribution in [-0.2, 0) is 0 Å². The Morgan fingerprint density at radius 1 is 1.10 bits per heavy atom. The van der Waals surface area contributed by atoms with Crippen LogP contribution in [0.4, 0.5) is 17.1 Å². The van der Waals surface area contributed by atoms with Gasteiger partial charge in [0.15, 0.2) is 0 Å². The summed E-state index contributed by atoms with van der Waals surface area (Å²) in [6.45, 7) is 0. The molecule has 0 aliphatic carbocycles. The van der Waals surface area contributed by atoms with Crippen molar-refractivity contribution in [1.29, 1.82) is 0 Å². The Kier molecular flexibility index (Phi) is 3.89. The fourth-order valence-corrected chi connectivity index (χ4v) is 1.54. The molecule has 106 valence electrons. The highest BCUT2D eigenvalue weighted by atomic mass is 16.6. The molecular formula is C13H10N4O4. The minimum Gasteiger partial charge on any atom is -0.507 e. The van der Waals surface area contributed by atoms with Crippen molar-refractivity contribution in [3.63, 3.8) is 0 Å².